The predicted molar refractivity (Wildman–Crippen MR) is 92.4 cm³/mol. The molecule has 0 unspecified atom stereocenters. The van der Waals surface area contributed by atoms with Gasteiger partial charge in [-0.05, 0) is 36.4 Å². The molecule has 8 nitrogen and oxygen atoms in total. The normalized spacial score (nSPS) is 10.9. The molecule has 2 N–H and O–H groups in total. The molecule has 0 atom stereocenters. The number of hydrogen-bond acceptors (Lipinski definition) is 6. The fourth-order valence-electron chi connectivity index (χ4n) is 2.19. The van der Waals surface area contributed by atoms with E-state index in [2.05, 4.69) is 15.0 Å². The minimum Gasteiger partial charge on any atom is -0.497 e. The van der Waals surface area contributed by atoms with Crippen LogP contribution in [0.2, 0.25) is 0 Å². The number of aliphatic imine (C=N–C) groups is 1. The molecule has 0 radical (unpaired) electrons. The van der Waals surface area contributed by atoms with Crippen molar-refractivity contribution in [3.63, 3.8) is 0 Å². The fraction of sp³-hybridized carbons (Fsp3) is 0.0588. The Morgan fingerprint density at radius 1 is 1.24 bits per heavy atom. The van der Waals surface area contributed by atoms with Gasteiger partial charge in [-0.15, -0.1) is 0 Å². The molecule has 2 heterocycles. The second-order valence-electron chi connectivity index (χ2n) is 5.00. The van der Waals surface area contributed by atoms with Crippen LogP contribution in [-0.2, 0) is 0 Å². The van der Waals surface area contributed by atoms with Gasteiger partial charge in [0.05, 0.1) is 24.7 Å². The number of aromatic amines is 1. The van der Waals surface area contributed by atoms with Crippen molar-refractivity contribution in [2.45, 2.75) is 0 Å². The van der Waals surface area contributed by atoms with E-state index < -0.39 is 17.1 Å². The van der Waals surface area contributed by atoms with Gasteiger partial charge in [-0.2, -0.15) is 0 Å². The first-order chi connectivity index (χ1) is 12.1. The van der Waals surface area contributed by atoms with E-state index >= 15 is 0 Å². The van der Waals surface area contributed by atoms with Crippen LogP contribution < -0.4 is 16.0 Å². The van der Waals surface area contributed by atoms with Gasteiger partial charge in [0.1, 0.15) is 11.3 Å². The Kier molecular flexibility index (Phi) is 4.42. The number of H-pyrrole nitrogens is 1. The molecule has 0 saturated heterocycles. The summed E-state index contributed by atoms with van der Waals surface area (Å²) in [4.78, 5) is 34.3. The van der Waals surface area contributed by atoms with E-state index in [1.165, 1.54) is 19.5 Å². The van der Waals surface area contributed by atoms with Crippen LogP contribution in [-0.4, -0.2) is 33.0 Å². The fourth-order valence-corrected chi connectivity index (χ4v) is 2.19. The summed E-state index contributed by atoms with van der Waals surface area (Å²) in [7, 11) is 1.52. The van der Waals surface area contributed by atoms with E-state index in [0.29, 0.717) is 17.1 Å². The number of rotatable bonds is 4. The summed E-state index contributed by atoms with van der Waals surface area (Å²) in [5.41, 5.74) is -0.760. The molecule has 25 heavy (non-hydrogen) atoms. The number of aromatic hydroxyl groups is 1. The molecule has 3 aromatic rings. The van der Waals surface area contributed by atoms with Gasteiger partial charge in [0.25, 0.3) is 5.56 Å². The van der Waals surface area contributed by atoms with Gasteiger partial charge < -0.3 is 9.84 Å². The molecule has 0 amide bonds. The highest BCUT2D eigenvalue weighted by molar-refractivity contribution is 5.84. The molecular weight excluding hydrogens is 324 g/mol. The van der Waals surface area contributed by atoms with Crippen LogP contribution in [0.15, 0.2) is 63.4 Å². The maximum absolute atomic E-state index is 12.1. The van der Waals surface area contributed by atoms with Crippen LogP contribution >= 0.6 is 0 Å². The summed E-state index contributed by atoms with van der Waals surface area (Å²) in [5, 5.41) is 10.4. The van der Waals surface area contributed by atoms with E-state index in [4.69, 9.17) is 4.74 Å². The zero-order chi connectivity index (χ0) is 17.8. The van der Waals surface area contributed by atoms with E-state index in [1.807, 2.05) is 0 Å². The van der Waals surface area contributed by atoms with Crippen molar-refractivity contribution < 1.29 is 9.84 Å². The number of nitrogens with zero attached hydrogens (tertiary/aromatic N) is 3. The maximum Gasteiger partial charge on any atom is 0.335 e. The lowest BCUT2D eigenvalue weighted by Gasteiger charge is -2.10. The van der Waals surface area contributed by atoms with E-state index in [1.54, 1.807) is 42.6 Å². The Labute approximate surface area is 141 Å². The van der Waals surface area contributed by atoms with Crippen LogP contribution in [0.4, 0.5) is 5.69 Å². The van der Waals surface area contributed by atoms with E-state index in [9.17, 15) is 14.7 Å². The highest BCUT2D eigenvalue weighted by atomic mass is 16.5. The number of benzene rings is 1. The van der Waals surface area contributed by atoms with Crippen LogP contribution in [0.1, 0.15) is 5.56 Å². The summed E-state index contributed by atoms with van der Waals surface area (Å²) < 4.78 is 6.04. The van der Waals surface area contributed by atoms with Gasteiger partial charge in [0, 0.05) is 12.4 Å². The molecular formula is C17H14N4O4. The van der Waals surface area contributed by atoms with E-state index in [0.717, 1.165) is 4.57 Å². The third-order valence-corrected chi connectivity index (χ3v) is 3.44. The topological polar surface area (TPSA) is 110 Å². The molecule has 1 aromatic carbocycles. The van der Waals surface area contributed by atoms with Gasteiger partial charge >= 0.3 is 5.69 Å². The lowest BCUT2D eigenvalue weighted by atomic mass is 10.2. The summed E-state index contributed by atoms with van der Waals surface area (Å²) in [5.74, 6) is 0.0886. The molecule has 0 aliphatic rings. The minimum atomic E-state index is -0.758. The molecule has 8 heteroatoms. The number of pyridine rings is 1. The summed E-state index contributed by atoms with van der Waals surface area (Å²) >= 11 is 0. The second kappa shape index (κ2) is 6.83. The van der Waals surface area contributed by atoms with Crippen molar-refractivity contribution in [2.24, 2.45) is 4.99 Å². The number of methoxy groups -OCH3 is 1. The maximum atomic E-state index is 12.1. The second-order valence-corrected chi connectivity index (χ2v) is 5.00. The Morgan fingerprint density at radius 3 is 2.64 bits per heavy atom. The smallest absolute Gasteiger partial charge is 0.335 e. The summed E-state index contributed by atoms with van der Waals surface area (Å²) in [6, 6.07) is 9.81. The first-order valence-electron chi connectivity index (χ1n) is 7.27. The number of nitrogens with one attached hydrogen (secondary N) is 1. The summed E-state index contributed by atoms with van der Waals surface area (Å²) in [6.07, 6.45) is 4.28. The average molecular weight is 338 g/mol. The molecule has 0 spiro atoms. The molecule has 3 rings (SSSR count). The monoisotopic (exact) mass is 338 g/mol. The van der Waals surface area contributed by atoms with E-state index in [-0.39, 0.29) is 5.56 Å². The van der Waals surface area contributed by atoms with Crippen LogP contribution in [0.3, 0.4) is 0 Å². The third-order valence-electron chi connectivity index (χ3n) is 3.44. The van der Waals surface area contributed by atoms with Crippen LogP contribution in [0.25, 0.3) is 5.69 Å². The molecule has 0 aliphatic carbocycles. The van der Waals surface area contributed by atoms with Crippen LogP contribution in [0, 0.1) is 0 Å². The van der Waals surface area contributed by atoms with Crippen molar-refractivity contribution in [1.29, 1.82) is 0 Å². The van der Waals surface area contributed by atoms with Crippen molar-refractivity contribution in [2.75, 3.05) is 7.11 Å². The minimum absolute atomic E-state index is 0.140. The van der Waals surface area contributed by atoms with Crippen molar-refractivity contribution in [3.05, 3.63) is 75.2 Å². The lowest BCUT2D eigenvalue weighted by Crippen LogP contribution is -2.31. The largest absolute Gasteiger partial charge is 0.497 e. The summed E-state index contributed by atoms with van der Waals surface area (Å²) in [6.45, 7) is 0. The third kappa shape index (κ3) is 3.32. The van der Waals surface area contributed by atoms with Crippen molar-refractivity contribution >= 4 is 11.9 Å². The molecule has 0 saturated carbocycles. The molecule has 126 valence electrons. The average Bonchev–Trinajstić information content (AvgIpc) is 2.62. The van der Waals surface area contributed by atoms with Crippen molar-refractivity contribution in [1.82, 2.24) is 14.5 Å². The SMILES string of the molecule is COc1ccc(-n2c(O)c(C=Nc3cccnc3)c(=O)[nH]c2=O)cc1. The molecule has 2 aromatic heterocycles. The Morgan fingerprint density at radius 2 is 2.00 bits per heavy atom. The lowest BCUT2D eigenvalue weighted by molar-refractivity contribution is 0.414. The quantitative estimate of drug-likeness (QED) is 0.699. The first kappa shape index (κ1) is 16.2. The standard InChI is InChI=1S/C17H14N4O4/c1-25-13-6-4-12(5-7-13)21-16(23)14(15(22)20-17(21)24)10-19-11-3-2-8-18-9-11/h2-10,23H,1H3,(H,20,22,24). The van der Waals surface area contributed by atoms with Crippen LogP contribution in [0.5, 0.6) is 11.6 Å². The predicted octanol–water partition coefficient (Wildman–Crippen LogP) is 1.39. The highest BCUT2D eigenvalue weighted by Gasteiger charge is 2.14. The number of hydrogen-bond donors (Lipinski definition) is 2. The molecule has 0 fully saturated rings. The highest BCUT2D eigenvalue weighted by Crippen LogP contribution is 2.19. The Hall–Kier alpha value is -3.68. The zero-order valence-corrected chi connectivity index (χ0v) is 13.2. The van der Waals surface area contributed by atoms with Gasteiger partial charge in [0.2, 0.25) is 5.88 Å². The van der Waals surface area contributed by atoms with Gasteiger partial charge in [-0.1, -0.05) is 0 Å². The Balaban J connectivity index is 2.10. The molecule has 0 bridgehead atoms. The number of ether oxygens (including phenoxy) is 1. The zero-order valence-electron chi connectivity index (χ0n) is 13.2. The first-order valence-corrected chi connectivity index (χ1v) is 7.27. The van der Waals surface area contributed by atoms with Gasteiger partial charge in [0.15, 0.2) is 0 Å². The number of aromatic nitrogens is 3. The van der Waals surface area contributed by atoms with Gasteiger partial charge in [-0.25, -0.2) is 9.36 Å². The van der Waals surface area contributed by atoms with Crippen molar-refractivity contribution in [3.8, 4) is 17.3 Å². The Bertz CT molecular complexity index is 1020. The molecule has 0 aliphatic heterocycles. The van der Waals surface area contributed by atoms with Gasteiger partial charge in [-0.3, -0.25) is 19.8 Å².